The number of anilines is 3. The molecule has 1 aromatic rings. The molecule has 1 aromatic heterocycles. The highest BCUT2D eigenvalue weighted by atomic mass is 16.5. The van der Waals surface area contributed by atoms with Gasteiger partial charge in [0.05, 0.1) is 6.61 Å². The molecule has 1 fully saturated rings. The molecule has 0 amide bonds. The SMILES string of the molecule is CCOC(=O)CN(C)c1cc(N)cc(N2CCCC2)n1. The number of aromatic nitrogens is 1. The van der Waals surface area contributed by atoms with Crippen LogP contribution in [0.5, 0.6) is 0 Å². The lowest BCUT2D eigenvalue weighted by molar-refractivity contribution is -0.141. The van der Waals surface area contributed by atoms with Crippen molar-refractivity contribution in [1.82, 2.24) is 4.98 Å². The van der Waals surface area contributed by atoms with Crippen LogP contribution in [0, 0.1) is 0 Å². The Hall–Kier alpha value is -1.98. The van der Waals surface area contributed by atoms with E-state index in [-0.39, 0.29) is 12.5 Å². The van der Waals surface area contributed by atoms with Gasteiger partial charge in [-0.15, -0.1) is 0 Å². The molecule has 0 radical (unpaired) electrons. The van der Waals surface area contributed by atoms with Gasteiger partial charge in [0, 0.05) is 38.0 Å². The van der Waals surface area contributed by atoms with Crippen molar-refractivity contribution in [2.24, 2.45) is 0 Å². The smallest absolute Gasteiger partial charge is 0.325 e. The number of hydrogen-bond acceptors (Lipinski definition) is 6. The van der Waals surface area contributed by atoms with Gasteiger partial charge in [0.15, 0.2) is 0 Å². The van der Waals surface area contributed by atoms with E-state index in [1.54, 1.807) is 17.9 Å². The average Bonchev–Trinajstić information content (AvgIpc) is 2.92. The van der Waals surface area contributed by atoms with E-state index in [4.69, 9.17) is 10.5 Å². The highest BCUT2D eigenvalue weighted by molar-refractivity contribution is 5.75. The normalized spacial score (nSPS) is 14.4. The second kappa shape index (κ2) is 6.45. The summed E-state index contributed by atoms with van der Waals surface area (Å²) >= 11 is 0. The predicted octanol–water partition coefficient (Wildman–Crippen LogP) is 1.26. The van der Waals surface area contributed by atoms with Gasteiger partial charge < -0.3 is 20.3 Å². The summed E-state index contributed by atoms with van der Waals surface area (Å²) in [5.41, 5.74) is 6.60. The molecule has 0 aromatic carbocycles. The molecular formula is C14H22N4O2. The third kappa shape index (κ3) is 3.53. The molecule has 20 heavy (non-hydrogen) atoms. The zero-order valence-corrected chi connectivity index (χ0v) is 12.1. The van der Waals surface area contributed by atoms with Crippen LogP contribution in [0.15, 0.2) is 12.1 Å². The zero-order valence-electron chi connectivity index (χ0n) is 12.1. The molecule has 0 bridgehead atoms. The first-order valence-electron chi connectivity index (χ1n) is 6.99. The van der Waals surface area contributed by atoms with Gasteiger partial charge in [-0.25, -0.2) is 4.98 Å². The molecule has 1 saturated heterocycles. The molecule has 0 atom stereocenters. The van der Waals surface area contributed by atoms with Crippen LogP contribution in [-0.4, -0.2) is 44.2 Å². The van der Waals surface area contributed by atoms with E-state index >= 15 is 0 Å². The highest BCUT2D eigenvalue weighted by Gasteiger charge is 2.16. The van der Waals surface area contributed by atoms with Crippen molar-refractivity contribution in [3.63, 3.8) is 0 Å². The van der Waals surface area contributed by atoms with Crippen LogP contribution in [0.3, 0.4) is 0 Å². The van der Waals surface area contributed by atoms with Crippen LogP contribution in [0.2, 0.25) is 0 Å². The number of hydrogen-bond donors (Lipinski definition) is 1. The molecule has 2 N–H and O–H groups in total. The number of nitrogens with two attached hydrogens (primary N) is 1. The fourth-order valence-corrected chi connectivity index (χ4v) is 2.31. The lowest BCUT2D eigenvalue weighted by atomic mass is 10.3. The first-order valence-corrected chi connectivity index (χ1v) is 6.99. The van der Waals surface area contributed by atoms with Crippen molar-refractivity contribution in [2.45, 2.75) is 19.8 Å². The number of nitrogens with zero attached hydrogens (tertiary/aromatic N) is 3. The van der Waals surface area contributed by atoms with Gasteiger partial charge in [-0.05, 0) is 19.8 Å². The monoisotopic (exact) mass is 278 g/mol. The largest absolute Gasteiger partial charge is 0.465 e. The Morgan fingerprint density at radius 3 is 2.80 bits per heavy atom. The average molecular weight is 278 g/mol. The summed E-state index contributed by atoms with van der Waals surface area (Å²) in [6.45, 7) is 4.37. The molecule has 0 spiro atoms. The van der Waals surface area contributed by atoms with E-state index in [9.17, 15) is 4.79 Å². The van der Waals surface area contributed by atoms with Crippen molar-refractivity contribution in [3.05, 3.63) is 12.1 Å². The van der Waals surface area contributed by atoms with E-state index in [1.165, 1.54) is 12.8 Å². The first kappa shape index (κ1) is 14.4. The van der Waals surface area contributed by atoms with Crippen molar-refractivity contribution < 1.29 is 9.53 Å². The van der Waals surface area contributed by atoms with Crippen LogP contribution < -0.4 is 15.5 Å². The third-order valence-electron chi connectivity index (χ3n) is 3.31. The number of esters is 1. The number of pyridine rings is 1. The molecule has 6 nitrogen and oxygen atoms in total. The van der Waals surface area contributed by atoms with Gasteiger partial charge in [-0.2, -0.15) is 0 Å². The summed E-state index contributed by atoms with van der Waals surface area (Å²) < 4.78 is 4.94. The van der Waals surface area contributed by atoms with Crippen molar-refractivity contribution in [2.75, 3.05) is 48.8 Å². The Morgan fingerprint density at radius 1 is 1.45 bits per heavy atom. The van der Waals surface area contributed by atoms with Gasteiger partial charge in [0.2, 0.25) is 0 Å². The standard InChI is InChI=1S/C14H22N4O2/c1-3-20-14(19)10-17(2)12-8-11(15)9-13(16-12)18-6-4-5-7-18/h8-9H,3-7,10H2,1-2H3,(H2,15,16). The van der Waals surface area contributed by atoms with Gasteiger partial charge in [-0.3, -0.25) is 4.79 Å². The van der Waals surface area contributed by atoms with Crippen molar-refractivity contribution >= 4 is 23.3 Å². The number of nitrogen functional groups attached to an aromatic ring is 1. The van der Waals surface area contributed by atoms with Crippen molar-refractivity contribution in [1.29, 1.82) is 0 Å². The van der Waals surface area contributed by atoms with Crippen LogP contribution in [-0.2, 0) is 9.53 Å². The van der Waals surface area contributed by atoms with Gasteiger partial charge >= 0.3 is 5.97 Å². The summed E-state index contributed by atoms with van der Waals surface area (Å²) in [7, 11) is 1.81. The summed E-state index contributed by atoms with van der Waals surface area (Å²) in [5.74, 6) is 1.31. The Bertz CT molecular complexity index is 472. The highest BCUT2D eigenvalue weighted by Crippen LogP contribution is 2.24. The van der Waals surface area contributed by atoms with E-state index in [0.29, 0.717) is 18.1 Å². The first-order chi connectivity index (χ1) is 9.60. The Morgan fingerprint density at radius 2 is 2.15 bits per heavy atom. The molecule has 1 aliphatic rings. The molecule has 1 aliphatic heterocycles. The van der Waals surface area contributed by atoms with E-state index in [1.807, 2.05) is 13.1 Å². The number of likely N-dealkylation sites (N-methyl/N-ethyl adjacent to an activating group) is 1. The van der Waals surface area contributed by atoms with Crippen LogP contribution in [0.25, 0.3) is 0 Å². The minimum Gasteiger partial charge on any atom is -0.465 e. The maximum atomic E-state index is 11.5. The maximum Gasteiger partial charge on any atom is 0.325 e. The molecule has 2 rings (SSSR count). The fraction of sp³-hybridized carbons (Fsp3) is 0.571. The maximum absolute atomic E-state index is 11.5. The molecule has 6 heteroatoms. The summed E-state index contributed by atoms with van der Waals surface area (Å²) in [6, 6.07) is 3.66. The van der Waals surface area contributed by atoms with E-state index in [0.717, 1.165) is 18.9 Å². The molecular weight excluding hydrogens is 256 g/mol. The fourth-order valence-electron chi connectivity index (χ4n) is 2.31. The van der Waals surface area contributed by atoms with Gasteiger partial charge in [-0.1, -0.05) is 0 Å². The van der Waals surface area contributed by atoms with Gasteiger partial charge in [0.1, 0.15) is 18.2 Å². The van der Waals surface area contributed by atoms with Crippen molar-refractivity contribution in [3.8, 4) is 0 Å². The molecule has 0 saturated carbocycles. The Labute approximate surface area is 119 Å². The summed E-state index contributed by atoms with van der Waals surface area (Å²) in [5, 5.41) is 0. The molecule has 2 heterocycles. The Kier molecular flexibility index (Phi) is 4.65. The zero-order chi connectivity index (χ0) is 14.5. The Balaban J connectivity index is 2.12. The van der Waals surface area contributed by atoms with Crippen LogP contribution in [0.1, 0.15) is 19.8 Å². The minimum atomic E-state index is -0.262. The second-order valence-corrected chi connectivity index (χ2v) is 4.97. The number of ether oxygens (including phenoxy) is 1. The minimum absolute atomic E-state index is 0.170. The van der Waals surface area contributed by atoms with Gasteiger partial charge in [0.25, 0.3) is 0 Å². The lowest BCUT2D eigenvalue weighted by Crippen LogP contribution is -2.28. The van der Waals surface area contributed by atoms with E-state index < -0.39 is 0 Å². The molecule has 110 valence electrons. The summed E-state index contributed by atoms with van der Waals surface area (Å²) in [6.07, 6.45) is 2.37. The molecule has 0 aliphatic carbocycles. The number of rotatable bonds is 5. The quantitative estimate of drug-likeness (QED) is 0.818. The molecule has 0 unspecified atom stereocenters. The predicted molar refractivity (Wildman–Crippen MR) is 80.0 cm³/mol. The lowest BCUT2D eigenvalue weighted by Gasteiger charge is -2.22. The summed E-state index contributed by atoms with van der Waals surface area (Å²) in [4.78, 5) is 20.1. The number of carbonyl (C=O) groups is 1. The van der Waals surface area contributed by atoms with Crippen LogP contribution >= 0.6 is 0 Å². The number of carbonyl (C=O) groups excluding carboxylic acids is 1. The van der Waals surface area contributed by atoms with E-state index in [2.05, 4.69) is 9.88 Å². The van der Waals surface area contributed by atoms with Crippen LogP contribution in [0.4, 0.5) is 17.3 Å². The third-order valence-corrected chi connectivity index (χ3v) is 3.31. The second-order valence-electron chi connectivity index (χ2n) is 4.97. The topological polar surface area (TPSA) is 71.7 Å².